The Labute approximate surface area is 131 Å². The van der Waals surface area contributed by atoms with Gasteiger partial charge in [-0.05, 0) is 43.0 Å². The number of nitrogens with zero attached hydrogens (tertiary/aromatic N) is 1. The van der Waals surface area contributed by atoms with Crippen LogP contribution in [0.1, 0.15) is 19.8 Å². The van der Waals surface area contributed by atoms with E-state index >= 15 is 0 Å². The second-order valence-electron chi connectivity index (χ2n) is 5.31. The number of piperidine rings is 1. The van der Waals surface area contributed by atoms with Gasteiger partial charge >= 0.3 is 0 Å². The molecule has 0 radical (unpaired) electrons. The van der Waals surface area contributed by atoms with Crippen molar-refractivity contribution < 1.29 is 13.2 Å². The third-order valence-electron chi connectivity index (χ3n) is 3.43. The highest BCUT2D eigenvalue weighted by Gasteiger charge is 2.26. The molecule has 5 nitrogen and oxygen atoms in total. The van der Waals surface area contributed by atoms with E-state index in [0.29, 0.717) is 29.8 Å². The van der Waals surface area contributed by atoms with E-state index in [1.165, 1.54) is 4.31 Å². The van der Waals surface area contributed by atoms with Gasteiger partial charge in [-0.15, -0.1) is 0 Å². The van der Waals surface area contributed by atoms with Crippen LogP contribution in [0.2, 0.25) is 5.02 Å². The predicted octanol–water partition coefficient (Wildman–Crippen LogP) is 2.29. The average Bonchev–Trinajstić information content (AvgIpc) is 2.45. The second-order valence-corrected chi connectivity index (χ2v) is 7.50. The Morgan fingerprint density at radius 3 is 2.76 bits per heavy atom. The molecule has 2 rings (SSSR count). The summed E-state index contributed by atoms with van der Waals surface area (Å²) in [6, 6.07) is 6.97. The fraction of sp³-hybridized carbons (Fsp3) is 0.571. The van der Waals surface area contributed by atoms with Gasteiger partial charge in [0.15, 0.2) is 0 Å². The summed E-state index contributed by atoms with van der Waals surface area (Å²) >= 11 is 5.78. The molecule has 0 spiro atoms. The van der Waals surface area contributed by atoms with E-state index in [1.54, 1.807) is 24.3 Å². The van der Waals surface area contributed by atoms with Crippen molar-refractivity contribution in [3.63, 3.8) is 0 Å². The summed E-state index contributed by atoms with van der Waals surface area (Å²) in [6.07, 6.45) is 2.01. The summed E-state index contributed by atoms with van der Waals surface area (Å²) in [5.41, 5.74) is 0. The number of halogens is 1. The number of rotatable bonds is 6. The Bertz CT molecular complexity index is 548. The predicted molar refractivity (Wildman–Crippen MR) is 83.8 cm³/mol. The third kappa shape index (κ3) is 5.14. The van der Waals surface area contributed by atoms with Crippen molar-refractivity contribution in [3.8, 4) is 5.75 Å². The Kier molecular flexibility index (Phi) is 5.87. The molecular formula is C14H21ClN2O3S. The van der Waals surface area contributed by atoms with E-state index in [2.05, 4.69) is 11.6 Å². The van der Waals surface area contributed by atoms with Crippen LogP contribution >= 0.6 is 11.6 Å². The standard InChI is InChI=1S/C14H21ClN2O3S/c1-12-3-2-9-17(11-12)21(18,19)16-8-10-20-14-6-4-13(15)5-7-14/h4-7,12,16H,2-3,8-11H2,1H3. The molecule has 0 saturated carbocycles. The van der Waals surface area contributed by atoms with Crippen LogP contribution < -0.4 is 9.46 Å². The Hall–Kier alpha value is -0.820. The number of hydrogen-bond acceptors (Lipinski definition) is 3. The van der Waals surface area contributed by atoms with E-state index in [-0.39, 0.29) is 13.2 Å². The van der Waals surface area contributed by atoms with Crippen LogP contribution in [0.15, 0.2) is 24.3 Å². The van der Waals surface area contributed by atoms with Gasteiger partial charge in [0.05, 0.1) is 0 Å². The molecule has 1 fully saturated rings. The van der Waals surface area contributed by atoms with Gasteiger partial charge in [-0.1, -0.05) is 18.5 Å². The zero-order valence-corrected chi connectivity index (χ0v) is 13.7. The van der Waals surface area contributed by atoms with E-state index in [0.717, 1.165) is 12.8 Å². The lowest BCUT2D eigenvalue weighted by Gasteiger charge is -2.29. The number of ether oxygens (including phenoxy) is 1. The van der Waals surface area contributed by atoms with Crippen LogP contribution in [-0.4, -0.2) is 39.0 Å². The molecule has 7 heteroatoms. The third-order valence-corrected chi connectivity index (χ3v) is 5.26. The molecule has 1 aliphatic rings. The molecule has 0 amide bonds. The smallest absolute Gasteiger partial charge is 0.279 e. The largest absolute Gasteiger partial charge is 0.492 e. The molecule has 118 valence electrons. The lowest BCUT2D eigenvalue weighted by Crippen LogP contribution is -2.46. The zero-order chi connectivity index (χ0) is 15.3. The maximum absolute atomic E-state index is 12.1. The van der Waals surface area contributed by atoms with Gasteiger partial charge in [0.2, 0.25) is 0 Å². The van der Waals surface area contributed by atoms with Crippen molar-refractivity contribution in [1.29, 1.82) is 0 Å². The average molecular weight is 333 g/mol. The number of nitrogens with one attached hydrogen (secondary N) is 1. The first-order valence-corrected chi connectivity index (χ1v) is 8.92. The first-order chi connectivity index (χ1) is 9.97. The first-order valence-electron chi connectivity index (χ1n) is 7.10. The zero-order valence-electron chi connectivity index (χ0n) is 12.1. The molecule has 0 bridgehead atoms. The SMILES string of the molecule is CC1CCCN(S(=O)(=O)NCCOc2ccc(Cl)cc2)C1. The topological polar surface area (TPSA) is 58.6 Å². The lowest BCUT2D eigenvalue weighted by molar-refractivity contribution is 0.275. The Balaban J connectivity index is 1.75. The number of hydrogen-bond donors (Lipinski definition) is 1. The van der Waals surface area contributed by atoms with E-state index < -0.39 is 10.2 Å². The molecule has 1 atom stereocenters. The van der Waals surface area contributed by atoms with Gasteiger partial charge in [0.25, 0.3) is 10.2 Å². The highest BCUT2D eigenvalue weighted by Crippen LogP contribution is 2.18. The quantitative estimate of drug-likeness (QED) is 0.813. The van der Waals surface area contributed by atoms with Crippen LogP contribution in [0.4, 0.5) is 0 Å². The molecule has 1 aromatic rings. The maximum Gasteiger partial charge on any atom is 0.279 e. The number of benzene rings is 1. The van der Waals surface area contributed by atoms with Gasteiger partial charge in [-0.3, -0.25) is 0 Å². The molecule has 1 saturated heterocycles. The van der Waals surface area contributed by atoms with Crippen molar-refractivity contribution in [3.05, 3.63) is 29.3 Å². The minimum absolute atomic E-state index is 0.246. The van der Waals surface area contributed by atoms with E-state index in [1.807, 2.05) is 0 Å². The normalized spacial score (nSPS) is 20.4. The van der Waals surface area contributed by atoms with E-state index in [4.69, 9.17) is 16.3 Å². The minimum Gasteiger partial charge on any atom is -0.492 e. The molecule has 0 aliphatic carbocycles. The minimum atomic E-state index is -3.40. The van der Waals surface area contributed by atoms with Crippen LogP contribution in [0.3, 0.4) is 0 Å². The van der Waals surface area contributed by atoms with Crippen molar-refractivity contribution >= 4 is 21.8 Å². The first kappa shape index (κ1) is 16.5. The summed E-state index contributed by atoms with van der Waals surface area (Å²) in [7, 11) is -3.40. The van der Waals surface area contributed by atoms with Gasteiger partial charge in [0.1, 0.15) is 12.4 Å². The molecule has 1 heterocycles. The summed E-state index contributed by atoms with van der Waals surface area (Å²) in [5, 5.41) is 0.641. The molecular weight excluding hydrogens is 312 g/mol. The molecule has 21 heavy (non-hydrogen) atoms. The summed E-state index contributed by atoms with van der Waals surface area (Å²) in [4.78, 5) is 0. The Morgan fingerprint density at radius 2 is 2.10 bits per heavy atom. The summed E-state index contributed by atoms with van der Waals surface area (Å²) < 4.78 is 33.8. The summed E-state index contributed by atoms with van der Waals surface area (Å²) in [6.45, 7) is 3.79. The second kappa shape index (κ2) is 7.45. The highest BCUT2D eigenvalue weighted by atomic mass is 35.5. The Morgan fingerprint density at radius 1 is 1.38 bits per heavy atom. The van der Waals surface area contributed by atoms with Gasteiger partial charge in [-0.2, -0.15) is 17.4 Å². The van der Waals surface area contributed by atoms with Crippen LogP contribution in [0.25, 0.3) is 0 Å². The van der Waals surface area contributed by atoms with Crippen molar-refractivity contribution in [2.45, 2.75) is 19.8 Å². The highest BCUT2D eigenvalue weighted by molar-refractivity contribution is 7.87. The molecule has 0 aromatic heterocycles. The van der Waals surface area contributed by atoms with Crippen LogP contribution in [0, 0.1) is 5.92 Å². The molecule has 1 aromatic carbocycles. The monoisotopic (exact) mass is 332 g/mol. The van der Waals surface area contributed by atoms with Gasteiger partial charge < -0.3 is 4.74 Å². The van der Waals surface area contributed by atoms with Crippen LogP contribution in [0.5, 0.6) is 5.75 Å². The van der Waals surface area contributed by atoms with Crippen molar-refractivity contribution in [2.75, 3.05) is 26.2 Å². The molecule has 1 unspecified atom stereocenters. The molecule has 1 N–H and O–H groups in total. The maximum atomic E-state index is 12.1. The fourth-order valence-electron chi connectivity index (χ4n) is 2.33. The van der Waals surface area contributed by atoms with Gasteiger partial charge in [0, 0.05) is 24.7 Å². The summed E-state index contributed by atoms with van der Waals surface area (Å²) in [5.74, 6) is 1.09. The van der Waals surface area contributed by atoms with Crippen molar-refractivity contribution in [1.82, 2.24) is 9.03 Å². The van der Waals surface area contributed by atoms with Gasteiger partial charge in [-0.25, -0.2) is 0 Å². The fourth-order valence-corrected chi connectivity index (χ4v) is 3.80. The lowest BCUT2D eigenvalue weighted by atomic mass is 10.0. The van der Waals surface area contributed by atoms with Crippen molar-refractivity contribution in [2.24, 2.45) is 5.92 Å². The van der Waals surface area contributed by atoms with E-state index in [9.17, 15) is 8.42 Å². The molecule has 1 aliphatic heterocycles. The van der Waals surface area contributed by atoms with Crippen LogP contribution in [-0.2, 0) is 10.2 Å².